The summed E-state index contributed by atoms with van der Waals surface area (Å²) >= 11 is 7.21. The van der Waals surface area contributed by atoms with Gasteiger partial charge in [0.2, 0.25) is 0 Å². The van der Waals surface area contributed by atoms with E-state index < -0.39 is 0 Å². The summed E-state index contributed by atoms with van der Waals surface area (Å²) in [5, 5.41) is 13.6. The van der Waals surface area contributed by atoms with Crippen molar-refractivity contribution in [2.75, 3.05) is 0 Å². The van der Waals surface area contributed by atoms with Gasteiger partial charge in [0.25, 0.3) is 0 Å². The summed E-state index contributed by atoms with van der Waals surface area (Å²) in [7, 11) is 0. The van der Waals surface area contributed by atoms with Crippen molar-refractivity contribution in [2.45, 2.75) is 13.8 Å². The summed E-state index contributed by atoms with van der Waals surface area (Å²) in [6, 6.07) is 42.1. The summed E-state index contributed by atoms with van der Waals surface area (Å²) in [5.74, 6) is 0. The SMILES string of the molecule is Cc1c2c(c(C)c3cc(-c4cc5ccccc5c5ccccc45)c(Cl)cc13)-c1cc3ccccc3c3cccc-2c13. The van der Waals surface area contributed by atoms with Gasteiger partial charge in [-0.3, -0.25) is 0 Å². The maximum Gasteiger partial charge on any atom is 0.0491 e. The quantitative estimate of drug-likeness (QED) is 0.182. The number of aryl methyl sites for hydroxylation is 2. The second kappa shape index (κ2) is 8.19. The summed E-state index contributed by atoms with van der Waals surface area (Å²) in [6.45, 7) is 4.57. The van der Waals surface area contributed by atoms with E-state index in [1.54, 1.807) is 0 Å². The van der Waals surface area contributed by atoms with Gasteiger partial charge in [-0.05, 0) is 131 Å². The van der Waals surface area contributed by atoms with Crippen LogP contribution in [0.1, 0.15) is 11.1 Å². The minimum atomic E-state index is 0.792. The molecule has 0 bridgehead atoms. The Labute approximate surface area is 243 Å². The highest BCUT2D eigenvalue weighted by Gasteiger charge is 2.28. The first-order valence-corrected chi connectivity index (χ1v) is 14.6. The van der Waals surface area contributed by atoms with Crippen LogP contribution in [0, 0.1) is 13.8 Å². The van der Waals surface area contributed by atoms with Crippen LogP contribution in [0.4, 0.5) is 0 Å². The Kier molecular flexibility index (Phi) is 4.61. The fourth-order valence-electron chi connectivity index (χ4n) is 7.56. The van der Waals surface area contributed by atoms with Crippen LogP contribution in [0.3, 0.4) is 0 Å². The lowest BCUT2D eigenvalue weighted by Crippen LogP contribution is -1.93. The molecule has 41 heavy (non-hydrogen) atoms. The molecule has 0 atom stereocenters. The zero-order valence-corrected chi connectivity index (χ0v) is 23.6. The fourth-order valence-corrected chi connectivity index (χ4v) is 7.83. The van der Waals surface area contributed by atoms with Crippen molar-refractivity contribution in [1.82, 2.24) is 0 Å². The van der Waals surface area contributed by atoms with Gasteiger partial charge >= 0.3 is 0 Å². The number of benzene rings is 8. The number of halogens is 1. The highest BCUT2D eigenvalue weighted by atomic mass is 35.5. The Hall–Kier alpha value is -4.65. The number of fused-ring (bicyclic) bond motifs is 9. The van der Waals surface area contributed by atoms with Gasteiger partial charge in [-0.2, -0.15) is 0 Å². The smallest absolute Gasteiger partial charge is 0.0491 e. The van der Waals surface area contributed by atoms with Crippen LogP contribution >= 0.6 is 11.6 Å². The van der Waals surface area contributed by atoms with Crippen LogP contribution in [-0.4, -0.2) is 0 Å². The van der Waals surface area contributed by atoms with Gasteiger partial charge in [0.05, 0.1) is 0 Å². The van der Waals surface area contributed by atoms with Crippen molar-refractivity contribution >= 4 is 65.5 Å². The van der Waals surface area contributed by atoms with Crippen LogP contribution < -0.4 is 0 Å². The van der Waals surface area contributed by atoms with Gasteiger partial charge in [0.15, 0.2) is 0 Å². The predicted octanol–water partition coefficient (Wildman–Crippen LogP) is 12.0. The molecule has 0 spiro atoms. The largest absolute Gasteiger partial charge is 0.0836 e. The third-order valence-corrected chi connectivity index (χ3v) is 9.71. The van der Waals surface area contributed by atoms with Crippen LogP contribution in [0.25, 0.3) is 87.2 Å². The molecule has 9 rings (SSSR count). The van der Waals surface area contributed by atoms with E-state index in [1.807, 2.05) is 0 Å². The van der Waals surface area contributed by atoms with E-state index in [0.29, 0.717) is 0 Å². The lowest BCUT2D eigenvalue weighted by atomic mass is 9.86. The molecule has 0 amide bonds. The third kappa shape index (κ3) is 3.01. The number of hydrogen-bond acceptors (Lipinski definition) is 0. The molecule has 1 heteroatoms. The maximum atomic E-state index is 7.21. The first kappa shape index (κ1) is 23.1. The van der Waals surface area contributed by atoms with Gasteiger partial charge in [-0.15, -0.1) is 0 Å². The van der Waals surface area contributed by atoms with Gasteiger partial charge in [-0.25, -0.2) is 0 Å². The molecule has 0 heterocycles. The fraction of sp³-hybridized carbons (Fsp3) is 0.0500. The summed E-state index contributed by atoms with van der Waals surface area (Å²) in [4.78, 5) is 0. The van der Waals surface area contributed by atoms with Crippen molar-refractivity contribution in [2.24, 2.45) is 0 Å². The molecule has 8 aromatic rings. The maximum absolute atomic E-state index is 7.21. The first-order valence-electron chi connectivity index (χ1n) is 14.2. The number of hydrogen-bond donors (Lipinski definition) is 0. The minimum Gasteiger partial charge on any atom is -0.0836 e. The Morgan fingerprint density at radius 3 is 1.66 bits per heavy atom. The Morgan fingerprint density at radius 1 is 0.390 bits per heavy atom. The number of rotatable bonds is 1. The molecule has 1 aliphatic rings. The van der Waals surface area contributed by atoms with Crippen molar-refractivity contribution in [3.8, 4) is 33.4 Å². The second-order valence-corrected chi connectivity index (χ2v) is 11.8. The van der Waals surface area contributed by atoms with Gasteiger partial charge in [-0.1, -0.05) is 103 Å². The van der Waals surface area contributed by atoms with Crippen LogP contribution in [0.2, 0.25) is 5.02 Å². The summed E-state index contributed by atoms with van der Waals surface area (Å²) < 4.78 is 0. The van der Waals surface area contributed by atoms with E-state index in [4.69, 9.17) is 11.6 Å². The molecule has 0 unspecified atom stereocenters. The lowest BCUT2D eigenvalue weighted by molar-refractivity contribution is 1.47. The highest BCUT2D eigenvalue weighted by molar-refractivity contribution is 6.35. The average Bonchev–Trinajstić information content (AvgIpc) is 3.35. The molecule has 0 N–H and O–H groups in total. The van der Waals surface area contributed by atoms with E-state index >= 15 is 0 Å². The van der Waals surface area contributed by atoms with E-state index in [0.717, 1.165) is 10.6 Å². The zero-order valence-electron chi connectivity index (χ0n) is 22.8. The Morgan fingerprint density at radius 2 is 0.927 bits per heavy atom. The molecule has 0 aromatic heterocycles. The average molecular weight is 541 g/mol. The Balaban J connectivity index is 1.40. The van der Waals surface area contributed by atoms with Crippen molar-refractivity contribution < 1.29 is 0 Å². The molecule has 8 aromatic carbocycles. The standard InChI is InChI=1S/C40H25Cl/c1-22-32-20-35(34-18-24-10-3-5-12-26(24)28-14-7-8-15-29(28)34)37(41)21-33(32)23(2)38-31-17-9-16-30-27-13-6-4-11-25(27)19-36(39(22)38)40(30)31/h3-21H,1-2H3. The first-order chi connectivity index (χ1) is 20.1. The monoisotopic (exact) mass is 540 g/mol. The molecular formula is C40H25Cl. The predicted molar refractivity (Wildman–Crippen MR) is 178 cm³/mol. The Bertz CT molecular complexity index is 2440. The molecule has 1 aliphatic carbocycles. The van der Waals surface area contributed by atoms with E-state index in [2.05, 4.69) is 129 Å². The molecule has 0 saturated carbocycles. The summed E-state index contributed by atoms with van der Waals surface area (Å²) in [5.41, 5.74) is 10.3. The van der Waals surface area contributed by atoms with E-state index in [9.17, 15) is 0 Å². The van der Waals surface area contributed by atoms with Crippen molar-refractivity contribution in [3.63, 3.8) is 0 Å². The van der Waals surface area contributed by atoms with Crippen molar-refractivity contribution in [1.29, 1.82) is 0 Å². The van der Waals surface area contributed by atoms with Crippen LogP contribution in [0.5, 0.6) is 0 Å². The minimum absolute atomic E-state index is 0.792. The second-order valence-electron chi connectivity index (χ2n) is 11.4. The highest BCUT2D eigenvalue weighted by Crippen LogP contribution is 2.54. The van der Waals surface area contributed by atoms with Crippen LogP contribution in [-0.2, 0) is 0 Å². The topological polar surface area (TPSA) is 0 Å². The van der Waals surface area contributed by atoms with E-state index in [-0.39, 0.29) is 0 Å². The molecule has 0 fully saturated rings. The van der Waals surface area contributed by atoms with Gasteiger partial charge in [0, 0.05) is 10.6 Å². The lowest BCUT2D eigenvalue weighted by Gasteiger charge is -2.18. The summed E-state index contributed by atoms with van der Waals surface area (Å²) in [6.07, 6.45) is 0. The molecule has 0 radical (unpaired) electrons. The van der Waals surface area contributed by atoms with Gasteiger partial charge in [0.1, 0.15) is 0 Å². The zero-order chi connectivity index (χ0) is 27.4. The molecule has 0 nitrogen and oxygen atoms in total. The van der Waals surface area contributed by atoms with Crippen LogP contribution in [0.15, 0.2) is 115 Å². The van der Waals surface area contributed by atoms with E-state index in [1.165, 1.54) is 92.8 Å². The van der Waals surface area contributed by atoms with Crippen molar-refractivity contribution in [3.05, 3.63) is 131 Å². The molecular weight excluding hydrogens is 516 g/mol. The third-order valence-electron chi connectivity index (χ3n) is 9.40. The normalized spacial score (nSPS) is 12.3. The molecule has 0 saturated heterocycles. The molecule has 0 aliphatic heterocycles. The molecule has 192 valence electrons. The van der Waals surface area contributed by atoms with Gasteiger partial charge < -0.3 is 0 Å².